The van der Waals surface area contributed by atoms with Gasteiger partial charge in [-0.1, -0.05) is 24.8 Å². The van der Waals surface area contributed by atoms with E-state index in [1.54, 1.807) is 12.1 Å². The number of nitrogens with zero attached hydrogens (tertiary/aromatic N) is 6. The van der Waals surface area contributed by atoms with Crippen LogP contribution in [0.1, 0.15) is 41.4 Å². The number of carbonyl (C=O) groups excluding carboxylic acids is 1. The first-order valence-electron chi connectivity index (χ1n) is 15.9. The highest BCUT2D eigenvalue weighted by molar-refractivity contribution is 6.02. The number of rotatable bonds is 10. The largest absolute Gasteiger partial charge is 0.494 e. The van der Waals surface area contributed by atoms with Crippen LogP contribution in [0, 0.1) is 11.3 Å². The highest BCUT2D eigenvalue weighted by Crippen LogP contribution is 2.42. The number of anilines is 4. The number of aromatic nitrogens is 3. The van der Waals surface area contributed by atoms with Crippen LogP contribution in [0.2, 0.25) is 0 Å². The smallest absolute Gasteiger partial charge is 0.247 e. The highest BCUT2D eigenvalue weighted by Gasteiger charge is 2.27. The van der Waals surface area contributed by atoms with Gasteiger partial charge in [0.15, 0.2) is 0 Å². The lowest BCUT2D eigenvalue weighted by Gasteiger charge is -2.29. The molecule has 220 valence electrons. The second kappa shape index (κ2) is 11.8. The number of hydrogen-bond donors (Lipinski definition) is 2. The Bertz CT molecular complexity index is 1840. The molecule has 1 unspecified atom stereocenters. The van der Waals surface area contributed by atoms with Crippen LogP contribution in [0.25, 0.3) is 22.2 Å². The van der Waals surface area contributed by atoms with Crippen LogP contribution in [0.5, 0.6) is 5.75 Å². The van der Waals surface area contributed by atoms with Gasteiger partial charge in [-0.15, -0.1) is 0 Å². The number of nitriles is 1. The number of benzene rings is 2. The molecule has 2 aromatic carbocycles. The third-order valence-electron chi connectivity index (χ3n) is 8.21. The fourth-order valence-electron chi connectivity index (χ4n) is 5.76. The molecular formula is C33H36N8O2. The van der Waals surface area contributed by atoms with Crippen LogP contribution < -0.4 is 20.3 Å². The monoisotopic (exact) mass is 579 g/mol. The zero-order valence-corrected chi connectivity index (χ0v) is 24.3. The molecule has 1 saturated heterocycles. The Kier molecular flexibility index (Phi) is 6.76. The molecule has 1 aliphatic carbocycles. The van der Waals surface area contributed by atoms with Crippen LogP contribution in [-0.2, 0) is 4.79 Å². The van der Waals surface area contributed by atoms with Gasteiger partial charge < -0.3 is 29.7 Å². The van der Waals surface area contributed by atoms with Gasteiger partial charge in [-0.2, -0.15) is 5.26 Å². The fourth-order valence-corrected chi connectivity index (χ4v) is 5.76. The van der Waals surface area contributed by atoms with Crippen LogP contribution in [0.15, 0.2) is 61.4 Å². The Morgan fingerprint density at radius 3 is 2.84 bits per heavy atom. The number of likely N-dealkylation sites (N-methyl/N-ethyl adjacent to an activating group) is 2. The van der Waals surface area contributed by atoms with E-state index >= 15 is 0 Å². The van der Waals surface area contributed by atoms with Gasteiger partial charge in [0.25, 0.3) is 0 Å². The Balaban J connectivity index is 1.42. The Hall–Kier alpha value is -4.88. The Labute approximate surface area is 255 Å². The lowest BCUT2D eigenvalue weighted by Crippen LogP contribution is -2.37. The van der Waals surface area contributed by atoms with E-state index in [2.05, 4.69) is 50.0 Å². The molecule has 0 spiro atoms. The van der Waals surface area contributed by atoms with Crippen LogP contribution in [0.4, 0.5) is 23.0 Å². The molecule has 43 heavy (non-hydrogen) atoms. The lowest BCUT2D eigenvalue weighted by molar-refractivity contribution is -0.111. The van der Waals surface area contributed by atoms with Crippen molar-refractivity contribution in [3.63, 3.8) is 0 Å². The van der Waals surface area contributed by atoms with Crippen molar-refractivity contribution >= 4 is 39.8 Å². The quantitative estimate of drug-likeness (QED) is 0.230. The van der Waals surface area contributed by atoms with E-state index in [9.17, 15) is 10.1 Å². The number of ether oxygens (including phenoxy) is 1. The third-order valence-corrected chi connectivity index (χ3v) is 8.21. The molecular weight excluding hydrogens is 540 g/mol. The minimum absolute atomic E-state index is 0.0310. The summed E-state index contributed by atoms with van der Waals surface area (Å²) in [6.07, 6.45) is 8.72. The zero-order valence-electron chi connectivity index (χ0n) is 27.3. The standard InChI is InChI=1S/C33H36N8O2/c1-5-31(42)36-26-15-27(30(43-4)16-29(26)40(3)19-23-9-8-14-39(23)2)37-33-35-18-21(17-34)32(38-33)25-20-41(22-12-13-22)28-11-7-6-10-24(25)28/h5-7,10-11,15-16,18,20,22-23H,1,8-9,12-14,19H2,2-4H3,(H,36,42)(H,35,37,38)/i3D3. The van der Waals surface area contributed by atoms with Gasteiger partial charge in [-0.05, 0) is 57.5 Å². The van der Waals surface area contributed by atoms with E-state index in [0.717, 1.165) is 54.8 Å². The summed E-state index contributed by atoms with van der Waals surface area (Å²) in [6.45, 7) is 2.18. The van der Waals surface area contributed by atoms with Crippen LogP contribution in [-0.4, -0.2) is 65.6 Å². The van der Waals surface area contributed by atoms with Crippen LogP contribution in [0.3, 0.4) is 0 Å². The molecule has 2 fully saturated rings. The maximum atomic E-state index is 12.6. The minimum Gasteiger partial charge on any atom is -0.494 e. The van der Waals surface area contributed by atoms with Crippen molar-refractivity contribution in [3.8, 4) is 23.1 Å². The zero-order chi connectivity index (χ0) is 32.6. The molecule has 1 aliphatic heterocycles. The van der Waals surface area contributed by atoms with Gasteiger partial charge in [0.2, 0.25) is 11.9 Å². The van der Waals surface area contributed by atoms with Gasteiger partial charge in [0.1, 0.15) is 11.8 Å². The van der Waals surface area contributed by atoms with Gasteiger partial charge >= 0.3 is 0 Å². The number of amides is 1. The van der Waals surface area contributed by atoms with Gasteiger partial charge in [0.05, 0.1) is 41.6 Å². The summed E-state index contributed by atoms with van der Waals surface area (Å²) in [5, 5.41) is 16.9. The summed E-state index contributed by atoms with van der Waals surface area (Å²) in [5.41, 5.74) is 3.66. The summed E-state index contributed by atoms with van der Waals surface area (Å²) in [7, 11) is 3.47. The number of likely N-dealkylation sites (tertiary alicyclic amines) is 1. The second-order valence-corrected chi connectivity index (χ2v) is 11.0. The predicted molar refractivity (Wildman–Crippen MR) is 170 cm³/mol. The maximum Gasteiger partial charge on any atom is 0.247 e. The molecule has 0 bridgehead atoms. The van der Waals surface area contributed by atoms with Crippen molar-refractivity contribution in [3.05, 3.63) is 67.0 Å². The first-order valence-corrected chi connectivity index (χ1v) is 14.4. The van der Waals surface area contributed by atoms with E-state index < -0.39 is 12.9 Å². The number of fused-ring (bicyclic) bond motifs is 1. The molecule has 1 saturated carbocycles. The van der Waals surface area contributed by atoms with Crippen molar-refractivity contribution in [1.82, 2.24) is 19.4 Å². The summed E-state index contributed by atoms with van der Waals surface area (Å²) >= 11 is 0. The number of methoxy groups -OCH3 is 1. The second-order valence-electron chi connectivity index (χ2n) is 11.0. The average molecular weight is 580 g/mol. The molecule has 2 aromatic heterocycles. The third kappa shape index (κ3) is 5.64. The SMILES string of the molecule is [2H]C([2H])([2H])N(CC1CCCN1C)c1cc(OC)c(Nc2ncc(C#N)c(-c3cn(C4CC4)c4ccccc34)n2)cc1NC(=O)C=C. The van der Waals surface area contributed by atoms with Crippen LogP contribution >= 0.6 is 0 Å². The molecule has 0 radical (unpaired) electrons. The summed E-state index contributed by atoms with van der Waals surface area (Å²) in [4.78, 5) is 25.2. The maximum absolute atomic E-state index is 12.6. The van der Waals surface area contributed by atoms with E-state index in [1.165, 1.54) is 18.2 Å². The molecule has 3 heterocycles. The van der Waals surface area contributed by atoms with Gasteiger partial charge in [-0.3, -0.25) is 4.79 Å². The number of carbonyl (C=O) groups is 1. The summed E-state index contributed by atoms with van der Waals surface area (Å²) in [6, 6.07) is 13.9. The Morgan fingerprint density at radius 2 is 2.14 bits per heavy atom. The molecule has 2 N–H and O–H groups in total. The normalized spacial score (nSPS) is 17.9. The average Bonchev–Trinajstić information content (AvgIpc) is 3.69. The van der Waals surface area contributed by atoms with Gasteiger partial charge in [0, 0.05) is 58.4 Å². The van der Waals surface area contributed by atoms with E-state index in [1.807, 2.05) is 25.2 Å². The van der Waals surface area contributed by atoms with E-state index in [4.69, 9.17) is 13.8 Å². The van der Waals surface area contributed by atoms with E-state index in [-0.39, 0.29) is 29.9 Å². The first kappa shape index (κ1) is 24.7. The molecule has 10 heteroatoms. The minimum atomic E-state index is -2.50. The topological polar surface area (TPSA) is 111 Å². The number of para-hydroxylation sites is 1. The molecule has 1 amide bonds. The molecule has 2 aliphatic rings. The fraction of sp³-hybridized carbons (Fsp3) is 0.333. The predicted octanol–water partition coefficient (Wildman–Crippen LogP) is 5.71. The molecule has 10 nitrogen and oxygen atoms in total. The van der Waals surface area contributed by atoms with Crippen molar-refractivity contribution in [2.75, 3.05) is 49.8 Å². The van der Waals surface area contributed by atoms with Crippen molar-refractivity contribution in [1.29, 1.82) is 5.26 Å². The molecule has 1 atom stereocenters. The number of hydrogen-bond acceptors (Lipinski definition) is 8. The lowest BCUT2D eigenvalue weighted by atomic mass is 10.1. The Morgan fingerprint density at radius 1 is 1.30 bits per heavy atom. The number of nitrogens with one attached hydrogen (secondary N) is 2. The molecule has 4 aromatic rings. The van der Waals surface area contributed by atoms with Crippen molar-refractivity contribution in [2.45, 2.75) is 37.8 Å². The van der Waals surface area contributed by atoms with Crippen molar-refractivity contribution in [2.24, 2.45) is 0 Å². The summed E-state index contributed by atoms with van der Waals surface area (Å²) < 4.78 is 33.1. The summed E-state index contributed by atoms with van der Waals surface area (Å²) in [5.74, 6) is 0.0230. The first-order chi connectivity index (χ1) is 22.1. The van der Waals surface area contributed by atoms with Crippen molar-refractivity contribution < 1.29 is 13.6 Å². The van der Waals surface area contributed by atoms with Gasteiger partial charge in [-0.25, -0.2) is 9.97 Å². The van der Waals surface area contributed by atoms with E-state index in [0.29, 0.717) is 28.7 Å². The highest BCUT2D eigenvalue weighted by atomic mass is 16.5. The molecule has 6 rings (SSSR count).